The first-order valence-electron chi connectivity index (χ1n) is 16.6. The minimum absolute atomic E-state index is 0.871. The molecule has 0 N–H and O–H groups in total. The number of hydrogen-bond acceptors (Lipinski definition) is 3. The van der Waals surface area contributed by atoms with Gasteiger partial charge >= 0.3 is 0 Å². The van der Waals surface area contributed by atoms with Gasteiger partial charge in [0.05, 0.1) is 5.69 Å². The highest BCUT2D eigenvalue weighted by molar-refractivity contribution is 7.25. The van der Waals surface area contributed by atoms with E-state index in [4.69, 9.17) is 4.42 Å². The number of anilines is 3. The van der Waals surface area contributed by atoms with E-state index in [1.807, 2.05) is 11.3 Å². The molecule has 2 aromatic heterocycles. The fourth-order valence-corrected chi connectivity index (χ4v) is 8.46. The molecule has 0 fully saturated rings. The number of rotatable bonds is 5. The molecule has 3 heteroatoms. The van der Waals surface area contributed by atoms with E-state index < -0.39 is 0 Å². The van der Waals surface area contributed by atoms with E-state index in [0.717, 1.165) is 39.0 Å². The maximum Gasteiger partial charge on any atom is 0.159 e. The zero-order valence-corrected chi connectivity index (χ0v) is 27.3. The van der Waals surface area contributed by atoms with Crippen molar-refractivity contribution in [2.24, 2.45) is 0 Å². The Kier molecular flexibility index (Phi) is 6.39. The van der Waals surface area contributed by atoms with Crippen LogP contribution in [0.15, 0.2) is 180 Å². The van der Waals surface area contributed by atoms with Crippen molar-refractivity contribution in [3.63, 3.8) is 0 Å². The first-order chi connectivity index (χ1) is 24.3. The summed E-state index contributed by atoms with van der Waals surface area (Å²) in [5, 5.41) is 7.32. The molecule has 0 aliphatic heterocycles. The Bertz CT molecular complexity index is 2830. The van der Waals surface area contributed by atoms with Crippen LogP contribution in [0.1, 0.15) is 0 Å². The third-order valence-electron chi connectivity index (χ3n) is 9.66. The molecule has 10 rings (SSSR count). The normalized spacial score (nSPS) is 11.7. The first kappa shape index (κ1) is 27.9. The second-order valence-corrected chi connectivity index (χ2v) is 13.6. The molecule has 0 saturated heterocycles. The number of benzene rings is 8. The maximum absolute atomic E-state index is 6.80. The number of furan rings is 1. The number of nitrogens with zero attached hydrogens (tertiary/aromatic N) is 1. The Morgan fingerprint density at radius 3 is 2.04 bits per heavy atom. The molecule has 0 atom stereocenters. The molecule has 230 valence electrons. The molecule has 2 heterocycles. The van der Waals surface area contributed by atoms with Crippen LogP contribution in [0, 0.1) is 0 Å². The van der Waals surface area contributed by atoms with Crippen molar-refractivity contribution in [3.05, 3.63) is 176 Å². The lowest BCUT2D eigenvalue weighted by Crippen LogP contribution is -2.10. The third kappa shape index (κ3) is 4.62. The summed E-state index contributed by atoms with van der Waals surface area (Å²) in [5.74, 6) is 0. The number of thiophene rings is 1. The Hall–Kier alpha value is -6.16. The standard InChI is InChI=1S/C46H29NOS/c1-2-11-32(12-3-1)37-15-9-18-42-45(37)40-16-8-17-41(46(40)48-42)47(36-26-27-39-38-14-6-7-19-43(38)49-44(39)29-36)35-24-22-31(23-25-35)34-21-20-30-10-4-5-13-33(30)28-34/h1-29H. The van der Waals surface area contributed by atoms with Crippen molar-refractivity contribution in [1.29, 1.82) is 0 Å². The highest BCUT2D eigenvalue weighted by Gasteiger charge is 2.21. The largest absolute Gasteiger partial charge is 0.454 e. The van der Waals surface area contributed by atoms with E-state index in [2.05, 4.69) is 181 Å². The molecule has 49 heavy (non-hydrogen) atoms. The lowest BCUT2D eigenvalue weighted by molar-refractivity contribution is 0.669. The van der Waals surface area contributed by atoms with Crippen molar-refractivity contribution in [2.75, 3.05) is 4.90 Å². The highest BCUT2D eigenvalue weighted by atomic mass is 32.1. The van der Waals surface area contributed by atoms with Crippen LogP contribution >= 0.6 is 11.3 Å². The highest BCUT2D eigenvalue weighted by Crippen LogP contribution is 2.46. The van der Waals surface area contributed by atoms with Crippen LogP contribution in [-0.4, -0.2) is 0 Å². The lowest BCUT2D eigenvalue weighted by atomic mass is 9.99. The molecule has 0 spiro atoms. The van der Waals surface area contributed by atoms with Crippen LogP contribution in [0.2, 0.25) is 0 Å². The van der Waals surface area contributed by atoms with Gasteiger partial charge in [0.25, 0.3) is 0 Å². The summed E-state index contributed by atoms with van der Waals surface area (Å²) in [6.45, 7) is 0. The van der Waals surface area contributed by atoms with E-state index >= 15 is 0 Å². The summed E-state index contributed by atoms with van der Waals surface area (Å²) in [7, 11) is 0. The molecule has 10 aromatic rings. The Labute approximate surface area is 287 Å². The smallest absolute Gasteiger partial charge is 0.159 e. The number of hydrogen-bond donors (Lipinski definition) is 0. The van der Waals surface area contributed by atoms with Crippen LogP contribution in [0.3, 0.4) is 0 Å². The zero-order valence-electron chi connectivity index (χ0n) is 26.5. The van der Waals surface area contributed by atoms with Crippen LogP contribution in [-0.2, 0) is 0 Å². The van der Waals surface area contributed by atoms with E-state index in [9.17, 15) is 0 Å². The van der Waals surface area contributed by atoms with Gasteiger partial charge in [-0.3, -0.25) is 0 Å². The summed E-state index contributed by atoms with van der Waals surface area (Å²) in [4.78, 5) is 2.35. The predicted octanol–water partition coefficient (Wildman–Crippen LogP) is 13.9. The van der Waals surface area contributed by atoms with Crippen molar-refractivity contribution in [1.82, 2.24) is 0 Å². The third-order valence-corrected chi connectivity index (χ3v) is 10.8. The van der Waals surface area contributed by atoms with E-state index in [1.165, 1.54) is 53.2 Å². The van der Waals surface area contributed by atoms with Crippen LogP contribution < -0.4 is 4.90 Å². The van der Waals surface area contributed by atoms with Crippen molar-refractivity contribution in [3.8, 4) is 22.3 Å². The van der Waals surface area contributed by atoms with Gasteiger partial charge in [-0.25, -0.2) is 0 Å². The molecule has 0 saturated carbocycles. The zero-order chi connectivity index (χ0) is 32.3. The number of para-hydroxylation sites is 1. The molecule has 0 unspecified atom stereocenters. The van der Waals surface area contributed by atoms with Crippen molar-refractivity contribution in [2.45, 2.75) is 0 Å². The lowest BCUT2D eigenvalue weighted by Gasteiger charge is -2.26. The second-order valence-electron chi connectivity index (χ2n) is 12.5. The quantitative estimate of drug-likeness (QED) is 0.186. The van der Waals surface area contributed by atoms with Crippen LogP contribution in [0.4, 0.5) is 17.1 Å². The molecule has 0 aliphatic carbocycles. The molecule has 8 aromatic carbocycles. The summed E-state index contributed by atoms with van der Waals surface area (Å²) in [6.07, 6.45) is 0. The van der Waals surface area contributed by atoms with Crippen LogP contribution in [0.5, 0.6) is 0 Å². The van der Waals surface area contributed by atoms with Gasteiger partial charge in [-0.15, -0.1) is 11.3 Å². The minimum Gasteiger partial charge on any atom is -0.454 e. The summed E-state index contributed by atoms with van der Waals surface area (Å²) in [6, 6.07) is 63.1. The topological polar surface area (TPSA) is 16.4 Å². The van der Waals surface area contributed by atoms with Gasteiger partial charge in [0.15, 0.2) is 5.58 Å². The average Bonchev–Trinajstić information content (AvgIpc) is 3.74. The Morgan fingerprint density at radius 1 is 0.429 bits per heavy atom. The van der Waals surface area contributed by atoms with Gasteiger partial charge in [-0.1, -0.05) is 127 Å². The van der Waals surface area contributed by atoms with E-state index in [-0.39, 0.29) is 0 Å². The van der Waals surface area contributed by atoms with Gasteiger partial charge in [-0.2, -0.15) is 0 Å². The number of fused-ring (bicyclic) bond motifs is 7. The minimum atomic E-state index is 0.871. The van der Waals surface area contributed by atoms with Crippen molar-refractivity contribution < 1.29 is 4.42 Å². The van der Waals surface area contributed by atoms with Gasteiger partial charge in [-0.05, 0) is 81.6 Å². The molecule has 0 aliphatic rings. The monoisotopic (exact) mass is 643 g/mol. The Balaban J connectivity index is 1.17. The van der Waals surface area contributed by atoms with E-state index in [0.29, 0.717) is 0 Å². The maximum atomic E-state index is 6.80. The van der Waals surface area contributed by atoms with Gasteiger partial charge in [0, 0.05) is 42.3 Å². The molecular weight excluding hydrogens is 615 g/mol. The van der Waals surface area contributed by atoms with Gasteiger partial charge < -0.3 is 9.32 Å². The fraction of sp³-hybridized carbons (Fsp3) is 0. The fourth-order valence-electron chi connectivity index (χ4n) is 7.32. The molecule has 0 bridgehead atoms. The summed E-state index contributed by atoms with van der Waals surface area (Å²) < 4.78 is 9.36. The molecule has 0 radical (unpaired) electrons. The molecule has 2 nitrogen and oxygen atoms in total. The molecular formula is C46H29NOS. The van der Waals surface area contributed by atoms with Gasteiger partial charge in [0.2, 0.25) is 0 Å². The summed E-state index contributed by atoms with van der Waals surface area (Å²) >= 11 is 1.84. The van der Waals surface area contributed by atoms with Gasteiger partial charge in [0.1, 0.15) is 5.58 Å². The van der Waals surface area contributed by atoms with Crippen molar-refractivity contribution >= 4 is 81.3 Å². The predicted molar refractivity (Wildman–Crippen MR) is 210 cm³/mol. The average molecular weight is 644 g/mol. The van der Waals surface area contributed by atoms with Crippen LogP contribution in [0.25, 0.3) is 75.1 Å². The second kappa shape index (κ2) is 11.2. The first-order valence-corrected chi connectivity index (χ1v) is 17.4. The Morgan fingerprint density at radius 2 is 1.14 bits per heavy atom. The van der Waals surface area contributed by atoms with E-state index in [1.54, 1.807) is 0 Å². The SMILES string of the molecule is c1ccc(-c2cccc3oc4c(N(c5ccc(-c6ccc7ccccc7c6)cc5)c5ccc6c(c5)sc5ccccc56)cccc4c23)cc1. The molecule has 0 amide bonds. The summed E-state index contributed by atoms with van der Waals surface area (Å²) in [5.41, 5.74) is 9.66.